The Morgan fingerprint density at radius 1 is 1.23 bits per heavy atom. The molecule has 0 saturated carbocycles. The number of hydrogen-bond donors (Lipinski definition) is 0. The molecule has 0 aliphatic rings. The maximum Gasteiger partial charge on any atom is 0.0349 e. The lowest BCUT2D eigenvalue weighted by molar-refractivity contribution is 1.85. The minimum atomic E-state index is 1.28. The Kier molecular flexibility index (Phi) is 2.28. The Morgan fingerprint density at radius 2 is 2.08 bits per heavy atom. The van der Waals surface area contributed by atoms with Crippen molar-refractivity contribution >= 4 is 27.5 Å². The zero-order chi connectivity index (χ0) is 9.10. The fourth-order valence-corrected chi connectivity index (χ4v) is 2.23. The summed E-state index contributed by atoms with van der Waals surface area (Å²) in [6.45, 7) is 3.65. The molecular weight excluding hydrogens is 176 g/mol. The lowest BCUT2D eigenvalue weighted by Gasteiger charge is -1.82. The molecule has 0 aliphatic heterocycles. The van der Waals surface area contributed by atoms with E-state index in [1.54, 1.807) is 17.4 Å². The van der Waals surface area contributed by atoms with Gasteiger partial charge in [-0.3, -0.25) is 0 Å². The van der Waals surface area contributed by atoms with E-state index in [0.717, 1.165) is 0 Å². The summed E-state index contributed by atoms with van der Waals surface area (Å²) in [7, 11) is 0. The molecule has 0 fully saturated rings. The topological polar surface area (TPSA) is 0 Å². The third kappa shape index (κ3) is 1.70. The molecule has 0 bridgehead atoms. The summed E-state index contributed by atoms with van der Waals surface area (Å²) < 4.78 is 1.34. The average Bonchev–Trinajstić information content (AvgIpc) is 2.57. The second-order valence-electron chi connectivity index (χ2n) is 2.78. The minimum Gasteiger partial charge on any atom is -0.136 e. The highest BCUT2D eigenvalue weighted by Gasteiger charge is 1.96. The fraction of sp³-hybridized carbons (Fsp3) is 0. The fourth-order valence-electron chi connectivity index (χ4n) is 1.25. The van der Waals surface area contributed by atoms with Crippen molar-refractivity contribution in [2.45, 2.75) is 0 Å². The van der Waals surface area contributed by atoms with Crippen LogP contribution in [0.3, 0.4) is 0 Å². The molecule has 0 aliphatic carbocycles. The Hall–Kier alpha value is -1.34. The summed E-state index contributed by atoms with van der Waals surface area (Å²) in [6.07, 6.45) is 5.84. The van der Waals surface area contributed by atoms with Crippen molar-refractivity contribution in [3.8, 4) is 0 Å². The highest BCUT2D eigenvalue weighted by Crippen LogP contribution is 2.25. The van der Waals surface area contributed by atoms with Gasteiger partial charge >= 0.3 is 0 Å². The van der Waals surface area contributed by atoms with E-state index < -0.39 is 0 Å². The molecule has 1 aromatic heterocycles. The van der Waals surface area contributed by atoms with Crippen molar-refractivity contribution in [2.75, 3.05) is 0 Å². The first-order chi connectivity index (χ1) is 6.40. The van der Waals surface area contributed by atoms with Gasteiger partial charge in [0.1, 0.15) is 0 Å². The van der Waals surface area contributed by atoms with E-state index in [1.165, 1.54) is 15.0 Å². The first kappa shape index (κ1) is 8.27. The van der Waals surface area contributed by atoms with Crippen molar-refractivity contribution in [1.82, 2.24) is 0 Å². The van der Waals surface area contributed by atoms with Crippen LogP contribution in [0.5, 0.6) is 0 Å². The SMILES string of the molecule is C=C/C=C\c1cc2ccccc2s1. The number of fused-ring (bicyclic) bond motifs is 1. The van der Waals surface area contributed by atoms with Gasteiger partial charge in [0.15, 0.2) is 0 Å². The van der Waals surface area contributed by atoms with Crippen LogP contribution < -0.4 is 0 Å². The summed E-state index contributed by atoms with van der Waals surface area (Å²) in [6, 6.07) is 10.6. The number of rotatable bonds is 2. The monoisotopic (exact) mass is 186 g/mol. The molecule has 0 atom stereocenters. The van der Waals surface area contributed by atoms with Gasteiger partial charge in [-0.1, -0.05) is 36.9 Å². The Bertz CT molecular complexity index is 416. The largest absolute Gasteiger partial charge is 0.136 e. The van der Waals surface area contributed by atoms with Crippen LogP contribution in [0.15, 0.2) is 49.1 Å². The normalized spacial score (nSPS) is 11.1. The van der Waals surface area contributed by atoms with Gasteiger partial charge in [-0.15, -0.1) is 11.3 Å². The summed E-state index contributed by atoms with van der Waals surface area (Å²) in [5.41, 5.74) is 0. The summed E-state index contributed by atoms with van der Waals surface area (Å²) in [4.78, 5) is 1.28. The van der Waals surface area contributed by atoms with Crippen LogP contribution in [0, 0.1) is 0 Å². The van der Waals surface area contributed by atoms with Crippen LogP contribution in [-0.2, 0) is 0 Å². The molecule has 13 heavy (non-hydrogen) atoms. The Labute approximate surface area is 81.8 Å². The first-order valence-electron chi connectivity index (χ1n) is 4.18. The van der Waals surface area contributed by atoms with Gasteiger partial charge in [0.2, 0.25) is 0 Å². The van der Waals surface area contributed by atoms with Gasteiger partial charge in [-0.05, 0) is 23.6 Å². The second kappa shape index (κ2) is 3.58. The van der Waals surface area contributed by atoms with Crippen LogP contribution in [0.1, 0.15) is 4.88 Å². The zero-order valence-electron chi connectivity index (χ0n) is 7.23. The van der Waals surface area contributed by atoms with Gasteiger partial charge in [-0.25, -0.2) is 0 Å². The third-order valence-electron chi connectivity index (χ3n) is 1.84. The smallest absolute Gasteiger partial charge is 0.0349 e. The molecule has 0 nitrogen and oxygen atoms in total. The maximum atomic E-state index is 3.65. The van der Waals surface area contributed by atoms with Crippen LogP contribution in [-0.4, -0.2) is 0 Å². The molecule has 0 amide bonds. The van der Waals surface area contributed by atoms with Crippen molar-refractivity contribution < 1.29 is 0 Å². The predicted octanol–water partition coefficient (Wildman–Crippen LogP) is 4.10. The molecule has 64 valence electrons. The molecule has 1 heteroatoms. The lowest BCUT2D eigenvalue weighted by atomic mass is 10.2. The number of hydrogen-bond acceptors (Lipinski definition) is 1. The van der Waals surface area contributed by atoms with Crippen LogP contribution in [0.4, 0.5) is 0 Å². The summed E-state index contributed by atoms with van der Waals surface area (Å²) >= 11 is 1.80. The van der Waals surface area contributed by atoms with Gasteiger partial charge in [0, 0.05) is 9.58 Å². The highest BCUT2D eigenvalue weighted by molar-refractivity contribution is 7.19. The molecule has 2 aromatic rings. The van der Waals surface area contributed by atoms with Gasteiger partial charge in [0.25, 0.3) is 0 Å². The van der Waals surface area contributed by atoms with Crippen LogP contribution in [0.25, 0.3) is 16.2 Å². The van der Waals surface area contributed by atoms with E-state index >= 15 is 0 Å². The van der Waals surface area contributed by atoms with E-state index in [4.69, 9.17) is 0 Å². The minimum absolute atomic E-state index is 1.28. The molecular formula is C12H10S. The highest BCUT2D eigenvalue weighted by atomic mass is 32.1. The molecule has 2 rings (SSSR count). The molecule has 1 heterocycles. The van der Waals surface area contributed by atoms with E-state index in [0.29, 0.717) is 0 Å². The summed E-state index contributed by atoms with van der Waals surface area (Å²) in [5, 5.41) is 1.32. The van der Waals surface area contributed by atoms with E-state index in [1.807, 2.05) is 6.08 Å². The van der Waals surface area contributed by atoms with Crippen molar-refractivity contribution in [3.63, 3.8) is 0 Å². The Balaban J connectivity index is 2.49. The molecule has 0 unspecified atom stereocenters. The van der Waals surface area contributed by atoms with Crippen molar-refractivity contribution in [2.24, 2.45) is 0 Å². The predicted molar refractivity (Wildman–Crippen MR) is 61.1 cm³/mol. The number of thiophene rings is 1. The maximum absolute atomic E-state index is 3.65. The average molecular weight is 186 g/mol. The Morgan fingerprint density at radius 3 is 2.85 bits per heavy atom. The third-order valence-corrected chi connectivity index (χ3v) is 2.92. The number of benzene rings is 1. The second-order valence-corrected chi connectivity index (χ2v) is 3.90. The van der Waals surface area contributed by atoms with Gasteiger partial charge in [-0.2, -0.15) is 0 Å². The zero-order valence-corrected chi connectivity index (χ0v) is 8.05. The van der Waals surface area contributed by atoms with Crippen LogP contribution in [0.2, 0.25) is 0 Å². The molecule has 1 aromatic carbocycles. The van der Waals surface area contributed by atoms with E-state index in [2.05, 4.69) is 43.0 Å². The number of allylic oxidation sites excluding steroid dienone is 2. The lowest BCUT2D eigenvalue weighted by Crippen LogP contribution is -1.57. The van der Waals surface area contributed by atoms with E-state index in [-0.39, 0.29) is 0 Å². The first-order valence-corrected chi connectivity index (χ1v) is 4.99. The molecule has 0 radical (unpaired) electrons. The molecule has 0 spiro atoms. The van der Waals surface area contributed by atoms with Gasteiger partial charge < -0.3 is 0 Å². The van der Waals surface area contributed by atoms with E-state index in [9.17, 15) is 0 Å². The standard InChI is InChI=1S/C12H10S/c1-2-3-7-11-9-10-6-4-5-8-12(10)13-11/h2-9H,1H2/b7-3-. The van der Waals surface area contributed by atoms with Gasteiger partial charge in [0.05, 0.1) is 0 Å². The van der Waals surface area contributed by atoms with Crippen molar-refractivity contribution in [1.29, 1.82) is 0 Å². The van der Waals surface area contributed by atoms with Crippen molar-refractivity contribution in [3.05, 3.63) is 53.9 Å². The quantitative estimate of drug-likeness (QED) is 0.619. The summed E-state index contributed by atoms with van der Waals surface area (Å²) in [5.74, 6) is 0. The molecule has 0 saturated heterocycles. The van der Waals surface area contributed by atoms with Crippen LogP contribution >= 0.6 is 11.3 Å². The molecule has 0 N–H and O–H groups in total.